The second kappa shape index (κ2) is 9.34. The summed E-state index contributed by atoms with van der Waals surface area (Å²) in [4.78, 5) is 15.0. The number of amides is 1. The van der Waals surface area contributed by atoms with Crippen molar-refractivity contribution in [3.8, 4) is 17.1 Å². The maximum Gasteiger partial charge on any atom is 0.276 e. The minimum atomic E-state index is -3.17. The van der Waals surface area contributed by atoms with E-state index in [4.69, 9.17) is 20.9 Å². The van der Waals surface area contributed by atoms with Crippen LogP contribution in [-0.4, -0.2) is 48.5 Å². The van der Waals surface area contributed by atoms with Crippen LogP contribution in [0, 0.1) is 0 Å². The molecule has 32 heavy (non-hydrogen) atoms. The van der Waals surface area contributed by atoms with Crippen LogP contribution < -0.4 is 4.74 Å². The number of ether oxygens (including phenoxy) is 1. The highest BCUT2D eigenvalue weighted by molar-refractivity contribution is 7.91. The summed E-state index contributed by atoms with van der Waals surface area (Å²) in [5.74, 6) is 0.814. The first-order valence-electron chi connectivity index (χ1n) is 10.3. The quantitative estimate of drug-likeness (QED) is 0.509. The predicted octanol–water partition coefficient (Wildman–Crippen LogP) is 4.22. The van der Waals surface area contributed by atoms with E-state index in [1.807, 2.05) is 31.2 Å². The summed E-state index contributed by atoms with van der Waals surface area (Å²) < 4.78 is 35.0. The highest BCUT2D eigenvalue weighted by Gasteiger charge is 2.36. The van der Waals surface area contributed by atoms with Gasteiger partial charge < -0.3 is 14.2 Å². The number of carbonyl (C=O) groups excluding carboxylic acids is 1. The summed E-state index contributed by atoms with van der Waals surface area (Å²) in [5, 5.41) is 4.55. The zero-order valence-electron chi connectivity index (χ0n) is 17.5. The van der Waals surface area contributed by atoms with Crippen molar-refractivity contribution in [3.05, 3.63) is 70.9 Å². The van der Waals surface area contributed by atoms with Gasteiger partial charge in [0.05, 0.1) is 18.1 Å². The Kier molecular flexibility index (Phi) is 6.53. The maximum atomic E-state index is 13.4. The standard InChI is InChI=1S/C23H23ClN2O5S/c1-2-30-20-9-3-16(4-10-20)14-26(19-11-12-32(28,29)15-19)23(27)21-13-22(31-25-21)17-5-7-18(24)8-6-17/h3-10,13,19H,2,11-12,14-15H2,1H3/t19-/m0/s1. The molecule has 1 aliphatic rings. The van der Waals surface area contributed by atoms with Crippen molar-refractivity contribution >= 4 is 27.3 Å². The fraction of sp³-hybridized carbons (Fsp3) is 0.304. The minimum absolute atomic E-state index is 0.0579. The smallest absolute Gasteiger partial charge is 0.276 e. The lowest BCUT2D eigenvalue weighted by molar-refractivity contribution is 0.0670. The number of hydrogen-bond acceptors (Lipinski definition) is 6. The van der Waals surface area contributed by atoms with Gasteiger partial charge in [0.15, 0.2) is 21.3 Å². The molecule has 7 nitrogen and oxygen atoms in total. The molecule has 1 atom stereocenters. The predicted molar refractivity (Wildman–Crippen MR) is 121 cm³/mol. The maximum absolute atomic E-state index is 13.4. The van der Waals surface area contributed by atoms with Crippen molar-refractivity contribution < 1.29 is 22.5 Å². The van der Waals surface area contributed by atoms with Crippen molar-refractivity contribution in [1.29, 1.82) is 0 Å². The lowest BCUT2D eigenvalue weighted by Crippen LogP contribution is -2.40. The van der Waals surface area contributed by atoms with Crippen LogP contribution in [0.1, 0.15) is 29.4 Å². The zero-order chi connectivity index (χ0) is 22.7. The summed E-state index contributed by atoms with van der Waals surface area (Å²) >= 11 is 5.93. The van der Waals surface area contributed by atoms with Gasteiger partial charge in [-0.25, -0.2) is 8.42 Å². The van der Waals surface area contributed by atoms with E-state index in [1.54, 1.807) is 35.2 Å². The van der Waals surface area contributed by atoms with E-state index in [2.05, 4.69) is 5.16 Å². The molecule has 0 unspecified atom stereocenters. The molecular weight excluding hydrogens is 452 g/mol. The first kappa shape index (κ1) is 22.4. The van der Waals surface area contributed by atoms with Gasteiger partial charge in [-0.2, -0.15) is 0 Å². The number of nitrogens with zero attached hydrogens (tertiary/aromatic N) is 2. The third-order valence-electron chi connectivity index (χ3n) is 5.36. The van der Waals surface area contributed by atoms with E-state index >= 15 is 0 Å². The number of rotatable bonds is 7. The summed E-state index contributed by atoms with van der Waals surface area (Å²) in [6, 6.07) is 15.6. The van der Waals surface area contributed by atoms with Crippen LogP contribution in [0.2, 0.25) is 5.02 Å². The third kappa shape index (κ3) is 5.14. The first-order valence-corrected chi connectivity index (χ1v) is 12.5. The molecule has 0 saturated carbocycles. The van der Waals surface area contributed by atoms with Gasteiger partial charge in [0.2, 0.25) is 0 Å². The Balaban J connectivity index is 1.59. The van der Waals surface area contributed by atoms with Gasteiger partial charge in [0, 0.05) is 29.2 Å². The van der Waals surface area contributed by atoms with Gasteiger partial charge in [-0.05, 0) is 55.3 Å². The Bertz CT molecular complexity index is 1190. The van der Waals surface area contributed by atoms with E-state index in [1.165, 1.54) is 0 Å². The molecule has 168 valence electrons. The topological polar surface area (TPSA) is 89.7 Å². The van der Waals surface area contributed by atoms with E-state index in [0.717, 1.165) is 16.9 Å². The molecule has 1 fully saturated rings. The van der Waals surface area contributed by atoms with Gasteiger partial charge in [0.1, 0.15) is 5.75 Å². The molecule has 0 N–H and O–H groups in total. The first-order chi connectivity index (χ1) is 15.3. The Hall–Kier alpha value is -2.84. The highest BCUT2D eigenvalue weighted by atomic mass is 35.5. The second-order valence-electron chi connectivity index (χ2n) is 7.65. The molecule has 0 aliphatic carbocycles. The molecule has 0 radical (unpaired) electrons. The second-order valence-corrected chi connectivity index (χ2v) is 10.3. The van der Waals surface area contributed by atoms with Crippen molar-refractivity contribution in [3.63, 3.8) is 0 Å². The molecule has 0 bridgehead atoms. The third-order valence-corrected chi connectivity index (χ3v) is 7.36. The van der Waals surface area contributed by atoms with Crippen LogP contribution in [0.15, 0.2) is 59.1 Å². The molecule has 2 heterocycles. The van der Waals surface area contributed by atoms with Gasteiger partial charge in [-0.3, -0.25) is 4.79 Å². The summed E-state index contributed by atoms with van der Waals surface area (Å²) in [6.45, 7) is 2.73. The van der Waals surface area contributed by atoms with Crippen molar-refractivity contribution in [2.24, 2.45) is 0 Å². The van der Waals surface area contributed by atoms with Gasteiger partial charge in [-0.1, -0.05) is 28.9 Å². The molecule has 1 saturated heterocycles. The Labute approximate surface area is 191 Å². The fourth-order valence-corrected chi connectivity index (χ4v) is 5.57. The number of carbonyl (C=O) groups is 1. The average molecular weight is 475 g/mol. The number of sulfone groups is 1. The van der Waals surface area contributed by atoms with Crippen molar-refractivity contribution in [1.82, 2.24) is 10.1 Å². The molecule has 3 aromatic rings. The molecule has 4 rings (SSSR count). The molecule has 2 aromatic carbocycles. The van der Waals surface area contributed by atoms with Crippen molar-refractivity contribution in [2.45, 2.75) is 25.9 Å². The zero-order valence-corrected chi connectivity index (χ0v) is 19.1. The number of hydrogen-bond donors (Lipinski definition) is 0. The molecule has 0 spiro atoms. The number of aromatic nitrogens is 1. The Morgan fingerprint density at radius 1 is 1.19 bits per heavy atom. The highest BCUT2D eigenvalue weighted by Crippen LogP contribution is 2.26. The molecule has 1 aromatic heterocycles. The SMILES string of the molecule is CCOc1ccc(CN(C(=O)c2cc(-c3ccc(Cl)cc3)on2)[C@H]2CCS(=O)(=O)C2)cc1. The molecule has 1 aliphatic heterocycles. The lowest BCUT2D eigenvalue weighted by Gasteiger charge is -2.27. The van der Waals surface area contributed by atoms with Crippen LogP contribution in [0.4, 0.5) is 0 Å². The Morgan fingerprint density at radius 2 is 1.91 bits per heavy atom. The summed E-state index contributed by atoms with van der Waals surface area (Å²) in [5.41, 5.74) is 1.74. The number of benzene rings is 2. The van der Waals surface area contributed by atoms with Gasteiger partial charge in [0.25, 0.3) is 5.91 Å². The summed E-state index contributed by atoms with van der Waals surface area (Å²) in [7, 11) is -3.17. The van der Waals surface area contributed by atoms with E-state index in [9.17, 15) is 13.2 Å². The average Bonchev–Trinajstić information content (AvgIpc) is 3.40. The van der Waals surface area contributed by atoms with E-state index in [-0.39, 0.29) is 29.7 Å². The molecule has 1 amide bonds. The van der Waals surface area contributed by atoms with Crippen LogP contribution in [0.5, 0.6) is 5.75 Å². The van der Waals surface area contributed by atoms with Crippen LogP contribution in [0.25, 0.3) is 11.3 Å². The number of halogens is 1. The van der Waals surface area contributed by atoms with Gasteiger partial charge >= 0.3 is 0 Å². The van der Waals surface area contributed by atoms with Gasteiger partial charge in [-0.15, -0.1) is 0 Å². The summed E-state index contributed by atoms with van der Waals surface area (Å²) in [6.07, 6.45) is 0.396. The van der Waals surface area contributed by atoms with Crippen LogP contribution in [-0.2, 0) is 16.4 Å². The van der Waals surface area contributed by atoms with Crippen molar-refractivity contribution in [2.75, 3.05) is 18.1 Å². The van der Waals surface area contributed by atoms with E-state index < -0.39 is 15.9 Å². The Morgan fingerprint density at radius 3 is 2.53 bits per heavy atom. The molecular formula is C23H23ClN2O5S. The largest absolute Gasteiger partial charge is 0.494 e. The van der Waals surface area contributed by atoms with Crippen LogP contribution in [0.3, 0.4) is 0 Å². The lowest BCUT2D eigenvalue weighted by atomic mass is 10.1. The van der Waals surface area contributed by atoms with E-state index in [0.29, 0.717) is 23.8 Å². The monoisotopic (exact) mass is 474 g/mol. The molecule has 9 heteroatoms. The fourth-order valence-electron chi connectivity index (χ4n) is 3.72. The minimum Gasteiger partial charge on any atom is -0.494 e. The van der Waals surface area contributed by atoms with Crippen LogP contribution >= 0.6 is 11.6 Å². The normalized spacial score (nSPS) is 17.2.